The van der Waals surface area contributed by atoms with Crippen LogP contribution in [0.2, 0.25) is 0 Å². The number of nitrogens with zero attached hydrogens (tertiary/aromatic N) is 1. The SMILES string of the molecule is Cc1nc(NC(=O)OC(C)(C)C)sc1O. The first-order valence-corrected chi connectivity index (χ1v) is 5.26. The summed E-state index contributed by atoms with van der Waals surface area (Å²) in [6.07, 6.45) is -0.573. The van der Waals surface area contributed by atoms with Crippen molar-refractivity contribution >= 4 is 22.6 Å². The monoisotopic (exact) mass is 230 g/mol. The Hall–Kier alpha value is -1.30. The average Bonchev–Trinajstić information content (AvgIpc) is 2.26. The van der Waals surface area contributed by atoms with E-state index in [0.29, 0.717) is 10.8 Å². The fraction of sp³-hybridized carbons (Fsp3) is 0.556. The minimum absolute atomic E-state index is 0.0982. The van der Waals surface area contributed by atoms with Crippen LogP contribution in [0.25, 0.3) is 0 Å². The van der Waals surface area contributed by atoms with Gasteiger partial charge in [-0.05, 0) is 27.7 Å². The molecule has 0 saturated carbocycles. The summed E-state index contributed by atoms with van der Waals surface area (Å²) < 4.78 is 5.03. The van der Waals surface area contributed by atoms with Gasteiger partial charge in [0.15, 0.2) is 10.2 Å². The minimum atomic E-state index is -0.573. The molecule has 1 amide bonds. The fourth-order valence-electron chi connectivity index (χ4n) is 0.833. The van der Waals surface area contributed by atoms with Crippen molar-refractivity contribution < 1.29 is 14.6 Å². The highest BCUT2D eigenvalue weighted by Crippen LogP contribution is 2.28. The molecule has 0 radical (unpaired) electrons. The lowest BCUT2D eigenvalue weighted by molar-refractivity contribution is 0.0636. The van der Waals surface area contributed by atoms with E-state index in [1.54, 1.807) is 27.7 Å². The Labute approximate surface area is 92.1 Å². The summed E-state index contributed by atoms with van der Waals surface area (Å²) in [7, 11) is 0. The van der Waals surface area contributed by atoms with Crippen molar-refractivity contribution in [3.63, 3.8) is 0 Å². The number of hydrogen-bond donors (Lipinski definition) is 2. The maximum absolute atomic E-state index is 11.3. The number of thiazole rings is 1. The molecule has 0 aliphatic heterocycles. The number of anilines is 1. The van der Waals surface area contributed by atoms with Gasteiger partial charge in [-0.15, -0.1) is 0 Å². The van der Waals surface area contributed by atoms with Crippen molar-refractivity contribution in [1.82, 2.24) is 4.98 Å². The lowest BCUT2D eigenvalue weighted by Gasteiger charge is -2.18. The molecular formula is C9H14N2O3S. The van der Waals surface area contributed by atoms with Crippen LogP contribution >= 0.6 is 11.3 Å². The van der Waals surface area contributed by atoms with E-state index in [1.807, 2.05) is 0 Å². The highest BCUT2D eigenvalue weighted by atomic mass is 32.1. The first kappa shape index (κ1) is 11.8. The van der Waals surface area contributed by atoms with Gasteiger partial charge in [-0.1, -0.05) is 11.3 Å². The first-order valence-electron chi connectivity index (χ1n) is 4.44. The van der Waals surface area contributed by atoms with Gasteiger partial charge in [-0.25, -0.2) is 9.78 Å². The molecule has 0 fully saturated rings. The number of aryl methyl sites for hydroxylation is 1. The summed E-state index contributed by atoms with van der Waals surface area (Å²) in [5, 5.41) is 12.1. The number of hydrogen-bond acceptors (Lipinski definition) is 5. The third kappa shape index (κ3) is 3.75. The van der Waals surface area contributed by atoms with Crippen molar-refractivity contribution in [2.24, 2.45) is 0 Å². The average molecular weight is 230 g/mol. The van der Waals surface area contributed by atoms with Gasteiger partial charge >= 0.3 is 6.09 Å². The van der Waals surface area contributed by atoms with Gasteiger partial charge in [0.25, 0.3) is 0 Å². The lowest BCUT2D eigenvalue weighted by atomic mass is 10.2. The van der Waals surface area contributed by atoms with Crippen LogP contribution in [-0.2, 0) is 4.74 Å². The summed E-state index contributed by atoms with van der Waals surface area (Å²) in [6.45, 7) is 6.98. The second kappa shape index (κ2) is 4.06. The molecule has 1 heterocycles. The largest absolute Gasteiger partial charge is 0.498 e. The molecule has 15 heavy (non-hydrogen) atoms. The van der Waals surface area contributed by atoms with Crippen molar-refractivity contribution in [2.45, 2.75) is 33.3 Å². The van der Waals surface area contributed by atoms with Crippen LogP contribution in [0.15, 0.2) is 0 Å². The number of carbonyl (C=O) groups is 1. The van der Waals surface area contributed by atoms with Crippen LogP contribution in [0, 0.1) is 6.92 Å². The van der Waals surface area contributed by atoms with Crippen LogP contribution in [0.5, 0.6) is 5.06 Å². The van der Waals surface area contributed by atoms with E-state index in [9.17, 15) is 9.90 Å². The second-order valence-electron chi connectivity index (χ2n) is 4.04. The number of aromatic hydroxyl groups is 1. The van der Waals surface area contributed by atoms with Gasteiger partial charge < -0.3 is 9.84 Å². The molecule has 0 aliphatic rings. The van der Waals surface area contributed by atoms with Crippen molar-refractivity contribution in [3.05, 3.63) is 5.69 Å². The van der Waals surface area contributed by atoms with E-state index in [0.717, 1.165) is 11.3 Å². The maximum Gasteiger partial charge on any atom is 0.413 e. The Morgan fingerprint density at radius 2 is 2.13 bits per heavy atom. The Morgan fingerprint density at radius 3 is 2.53 bits per heavy atom. The van der Waals surface area contributed by atoms with Crippen molar-refractivity contribution in [3.8, 4) is 5.06 Å². The number of ether oxygens (including phenoxy) is 1. The summed E-state index contributed by atoms with van der Waals surface area (Å²) in [6, 6.07) is 0. The zero-order valence-corrected chi connectivity index (χ0v) is 9.94. The van der Waals surface area contributed by atoms with E-state index < -0.39 is 11.7 Å². The van der Waals surface area contributed by atoms with Gasteiger partial charge in [-0.2, -0.15) is 0 Å². The van der Waals surface area contributed by atoms with Crippen molar-refractivity contribution in [1.29, 1.82) is 0 Å². The van der Waals surface area contributed by atoms with E-state index in [1.165, 1.54) is 0 Å². The molecule has 0 aliphatic carbocycles. The smallest absolute Gasteiger partial charge is 0.413 e. The van der Waals surface area contributed by atoms with Crippen LogP contribution in [0.1, 0.15) is 26.5 Å². The topological polar surface area (TPSA) is 71.5 Å². The van der Waals surface area contributed by atoms with E-state index >= 15 is 0 Å². The highest BCUT2D eigenvalue weighted by molar-refractivity contribution is 7.17. The number of amides is 1. The molecule has 2 N–H and O–H groups in total. The molecular weight excluding hydrogens is 216 g/mol. The number of aromatic nitrogens is 1. The normalized spacial score (nSPS) is 11.2. The fourth-order valence-corrected chi connectivity index (χ4v) is 1.53. The van der Waals surface area contributed by atoms with E-state index in [-0.39, 0.29) is 5.06 Å². The number of carbonyl (C=O) groups excluding carboxylic acids is 1. The van der Waals surface area contributed by atoms with Gasteiger partial charge in [-0.3, -0.25) is 5.32 Å². The predicted molar refractivity (Wildman–Crippen MR) is 58.4 cm³/mol. The van der Waals surface area contributed by atoms with Crippen molar-refractivity contribution in [2.75, 3.05) is 5.32 Å². The third-order valence-corrected chi connectivity index (χ3v) is 2.26. The summed E-state index contributed by atoms with van der Waals surface area (Å²) in [5.41, 5.74) is -0.0515. The van der Waals surface area contributed by atoms with Gasteiger partial charge in [0, 0.05) is 0 Å². The summed E-state index contributed by atoms with van der Waals surface area (Å²) in [5.74, 6) is 0. The second-order valence-corrected chi connectivity index (χ2v) is 5.01. The van der Waals surface area contributed by atoms with Gasteiger partial charge in [0.05, 0.1) is 5.69 Å². The quantitative estimate of drug-likeness (QED) is 0.777. The number of nitrogens with one attached hydrogen (secondary N) is 1. The summed E-state index contributed by atoms with van der Waals surface area (Å²) in [4.78, 5) is 15.2. The third-order valence-electron chi connectivity index (χ3n) is 1.38. The van der Waals surface area contributed by atoms with Crippen LogP contribution in [0.4, 0.5) is 9.93 Å². The predicted octanol–water partition coefficient (Wildman–Crippen LogP) is 2.50. The number of rotatable bonds is 1. The van der Waals surface area contributed by atoms with E-state index in [2.05, 4.69) is 10.3 Å². The first-order chi connectivity index (χ1) is 6.78. The minimum Gasteiger partial charge on any atom is -0.498 e. The molecule has 0 bridgehead atoms. The summed E-state index contributed by atoms with van der Waals surface area (Å²) >= 11 is 1.00. The highest BCUT2D eigenvalue weighted by Gasteiger charge is 2.17. The molecule has 1 aromatic rings. The van der Waals surface area contributed by atoms with Gasteiger partial charge in [0.1, 0.15) is 5.60 Å². The molecule has 5 nitrogen and oxygen atoms in total. The molecule has 0 spiro atoms. The Balaban J connectivity index is 2.59. The molecule has 0 saturated heterocycles. The Morgan fingerprint density at radius 1 is 1.53 bits per heavy atom. The van der Waals surface area contributed by atoms with Crippen LogP contribution in [0.3, 0.4) is 0 Å². The molecule has 0 atom stereocenters. The lowest BCUT2D eigenvalue weighted by Crippen LogP contribution is -2.27. The molecule has 84 valence electrons. The molecule has 1 aromatic heterocycles. The van der Waals surface area contributed by atoms with Crippen LogP contribution < -0.4 is 5.32 Å². The Kier molecular flexibility index (Phi) is 3.18. The Bertz CT molecular complexity index is 348. The van der Waals surface area contributed by atoms with E-state index in [4.69, 9.17) is 4.74 Å². The molecule has 6 heteroatoms. The standard InChI is InChI=1S/C9H14N2O3S/c1-5-6(12)15-7(10-5)11-8(13)14-9(2,3)4/h12H,1-4H3,(H,10,11,13). The van der Waals surface area contributed by atoms with Crippen LogP contribution in [-0.4, -0.2) is 21.8 Å². The molecule has 0 unspecified atom stereocenters. The molecule has 1 rings (SSSR count). The molecule has 0 aromatic carbocycles. The van der Waals surface area contributed by atoms with Gasteiger partial charge in [0.2, 0.25) is 0 Å². The zero-order valence-electron chi connectivity index (χ0n) is 9.12. The maximum atomic E-state index is 11.3. The zero-order chi connectivity index (χ0) is 11.6.